The minimum Gasteiger partial charge on any atom is -0.467 e. The van der Waals surface area contributed by atoms with Crippen molar-refractivity contribution in [2.24, 2.45) is 5.92 Å². The van der Waals surface area contributed by atoms with Gasteiger partial charge in [-0.3, -0.25) is 0 Å². The van der Waals surface area contributed by atoms with E-state index in [0.29, 0.717) is 12.1 Å². The van der Waals surface area contributed by atoms with Gasteiger partial charge < -0.3 is 9.64 Å². The number of esters is 1. The number of carbonyl (C=O) groups excluding carboxylic acids is 1. The predicted octanol–water partition coefficient (Wildman–Crippen LogP) is 4.00. The summed E-state index contributed by atoms with van der Waals surface area (Å²) < 4.78 is 32.7. The molecule has 0 bridgehead atoms. The monoisotopic (exact) mass is 343 g/mol. The summed E-state index contributed by atoms with van der Waals surface area (Å²) >= 11 is 0. The molecule has 0 aliphatic carbocycles. The third-order valence-corrected chi connectivity index (χ3v) is 4.52. The smallest absolute Gasteiger partial charge is 0.329 e. The van der Waals surface area contributed by atoms with Gasteiger partial charge in [-0.1, -0.05) is 37.3 Å². The first kappa shape index (κ1) is 17.1. The van der Waals surface area contributed by atoms with Crippen LogP contribution in [0.4, 0.5) is 8.78 Å². The van der Waals surface area contributed by atoms with Gasteiger partial charge in [0.1, 0.15) is 17.7 Å². The van der Waals surface area contributed by atoms with E-state index in [1.54, 1.807) is 6.20 Å². The maximum Gasteiger partial charge on any atom is 0.329 e. The van der Waals surface area contributed by atoms with Crippen LogP contribution in [0.15, 0.2) is 54.7 Å². The van der Waals surface area contributed by atoms with Crippen molar-refractivity contribution >= 4 is 11.5 Å². The first-order valence-corrected chi connectivity index (χ1v) is 8.06. The van der Waals surface area contributed by atoms with Gasteiger partial charge in [-0.15, -0.1) is 0 Å². The van der Waals surface area contributed by atoms with Crippen LogP contribution >= 0.6 is 0 Å². The van der Waals surface area contributed by atoms with Crippen molar-refractivity contribution < 1.29 is 18.3 Å². The van der Waals surface area contributed by atoms with Crippen molar-refractivity contribution in [3.05, 3.63) is 77.5 Å². The van der Waals surface area contributed by atoms with Crippen LogP contribution in [0.25, 0.3) is 5.57 Å². The highest BCUT2D eigenvalue weighted by molar-refractivity contribution is 5.83. The lowest BCUT2D eigenvalue weighted by atomic mass is 9.91. The van der Waals surface area contributed by atoms with Crippen LogP contribution in [-0.4, -0.2) is 24.0 Å². The van der Waals surface area contributed by atoms with E-state index in [1.807, 2.05) is 42.2 Å². The number of methoxy groups -OCH3 is 1. The first-order chi connectivity index (χ1) is 12.0. The molecule has 2 aromatic rings. The Hall–Kier alpha value is -2.69. The Morgan fingerprint density at radius 1 is 1.16 bits per heavy atom. The first-order valence-electron chi connectivity index (χ1n) is 8.06. The number of ether oxygens (including phenoxy) is 1. The molecule has 2 atom stereocenters. The fraction of sp³-hybridized carbons (Fsp3) is 0.250. The lowest BCUT2D eigenvalue weighted by Crippen LogP contribution is -2.39. The van der Waals surface area contributed by atoms with Gasteiger partial charge in [0, 0.05) is 24.2 Å². The Labute approximate surface area is 145 Å². The number of hydrogen-bond donors (Lipinski definition) is 0. The fourth-order valence-electron chi connectivity index (χ4n) is 3.27. The third kappa shape index (κ3) is 3.40. The Balaban J connectivity index is 1.99. The summed E-state index contributed by atoms with van der Waals surface area (Å²) in [5, 5.41) is 0. The van der Waals surface area contributed by atoms with Crippen molar-refractivity contribution in [1.82, 2.24) is 4.90 Å². The van der Waals surface area contributed by atoms with Gasteiger partial charge in [0.05, 0.1) is 7.11 Å². The highest BCUT2D eigenvalue weighted by Gasteiger charge is 2.39. The van der Waals surface area contributed by atoms with Crippen molar-refractivity contribution in [2.75, 3.05) is 7.11 Å². The molecule has 0 radical (unpaired) electrons. The van der Waals surface area contributed by atoms with Crippen molar-refractivity contribution in [3.63, 3.8) is 0 Å². The average Bonchev–Trinajstić information content (AvgIpc) is 2.93. The van der Waals surface area contributed by atoms with Crippen molar-refractivity contribution in [1.29, 1.82) is 0 Å². The second kappa shape index (κ2) is 7.05. The number of rotatable bonds is 4. The van der Waals surface area contributed by atoms with Gasteiger partial charge in [0.2, 0.25) is 0 Å². The molecular weight excluding hydrogens is 324 g/mol. The maximum atomic E-state index is 14.2. The van der Waals surface area contributed by atoms with E-state index in [9.17, 15) is 13.6 Å². The van der Waals surface area contributed by atoms with Crippen molar-refractivity contribution in [2.45, 2.75) is 19.5 Å². The van der Waals surface area contributed by atoms with Crippen LogP contribution < -0.4 is 0 Å². The SMILES string of the molecule is COC(=O)C1C(C)C(c2cc(F)ccc2F)=CN1Cc1ccccc1. The molecule has 5 heteroatoms. The van der Waals surface area contributed by atoms with Gasteiger partial charge in [-0.25, -0.2) is 13.6 Å². The zero-order chi connectivity index (χ0) is 18.0. The highest BCUT2D eigenvalue weighted by Crippen LogP contribution is 2.37. The number of hydrogen-bond acceptors (Lipinski definition) is 3. The molecule has 1 heterocycles. The topological polar surface area (TPSA) is 29.5 Å². The van der Waals surface area contributed by atoms with Crippen LogP contribution in [0.5, 0.6) is 0 Å². The molecule has 0 saturated heterocycles. The van der Waals surface area contributed by atoms with Crippen LogP contribution in [0.3, 0.4) is 0 Å². The summed E-state index contributed by atoms with van der Waals surface area (Å²) in [4.78, 5) is 14.1. The Morgan fingerprint density at radius 2 is 1.88 bits per heavy atom. The van der Waals surface area contributed by atoms with E-state index < -0.39 is 23.6 Å². The molecule has 0 spiro atoms. The number of benzene rings is 2. The molecular formula is C20H19F2NO2. The molecule has 2 unspecified atom stereocenters. The molecule has 130 valence electrons. The molecule has 3 rings (SSSR count). The van der Waals surface area contributed by atoms with Crippen LogP contribution in [0, 0.1) is 17.6 Å². The standard InChI is InChI=1S/C20H19F2NO2/c1-13-17(16-10-15(21)8-9-18(16)22)12-23(19(13)20(24)25-2)11-14-6-4-3-5-7-14/h3-10,12-13,19H,11H2,1-2H3. The maximum absolute atomic E-state index is 14.2. The Kier molecular flexibility index (Phi) is 4.83. The van der Waals surface area contributed by atoms with E-state index in [0.717, 1.165) is 23.8 Å². The lowest BCUT2D eigenvalue weighted by Gasteiger charge is -2.26. The molecule has 2 aromatic carbocycles. The third-order valence-electron chi connectivity index (χ3n) is 4.52. The van der Waals surface area contributed by atoms with E-state index in [-0.39, 0.29) is 11.5 Å². The largest absolute Gasteiger partial charge is 0.467 e. The van der Waals surface area contributed by atoms with Crippen LogP contribution in [0.2, 0.25) is 0 Å². The predicted molar refractivity (Wildman–Crippen MR) is 91.3 cm³/mol. The Bertz CT molecular complexity index is 805. The van der Waals surface area contributed by atoms with Crippen LogP contribution in [-0.2, 0) is 16.1 Å². The summed E-state index contributed by atoms with van der Waals surface area (Å²) in [6, 6.07) is 12.4. The van der Waals surface area contributed by atoms with Crippen molar-refractivity contribution in [3.8, 4) is 0 Å². The molecule has 3 nitrogen and oxygen atoms in total. The zero-order valence-electron chi connectivity index (χ0n) is 14.1. The number of carbonyl (C=O) groups is 1. The normalized spacial score (nSPS) is 19.7. The van der Waals surface area contributed by atoms with Gasteiger partial charge in [0.25, 0.3) is 0 Å². The highest BCUT2D eigenvalue weighted by atomic mass is 19.1. The van der Waals surface area contributed by atoms with Gasteiger partial charge in [-0.2, -0.15) is 0 Å². The fourth-order valence-corrected chi connectivity index (χ4v) is 3.27. The van der Waals surface area contributed by atoms with E-state index >= 15 is 0 Å². The molecule has 0 saturated carbocycles. The quantitative estimate of drug-likeness (QED) is 0.786. The number of nitrogens with zero attached hydrogens (tertiary/aromatic N) is 1. The summed E-state index contributed by atoms with van der Waals surface area (Å²) in [6.45, 7) is 2.30. The number of halogens is 2. The summed E-state index contributed by atoms with van der Waals surface area (Å²) in [5.41, 5.74) is 1.78. The van der Waals surface area contributed by atoms with Crippen LogP contribution in [0.1, 0.15) is 18.1 Å². The minimum atomic E-state index is -0.581. The lowest BCUT2D eigenvalue weighted by molar-refractivity contribution is -0.146. The van der Waals surface area contributed by atoms with Gasteiger partial charge in [0.15, 0.2) is 0 Å². The summed E-state index contributed by atoms with van der Waals surface area (Å²) in [5.74, 6) is -1.75. The molecule has 25 heavy (non-hydrogen) atoms. The molecule has 1 aliphatic rings. The van der Waals surface area contributed by atoms with E-state index in [1.165, 1.54) is 7.11 Å². The molecule has 0 aromatic heterocycles. The second-order valence-electron chi connectivity index (χ2n) is 6.12. The van der Waals surface area contributed by atoms with E-state index in [4.69, 9.17) is 4.74 Å². The van der Waals surface area contributed by atoms with Gasteiger partial charge in [-0.05, 0) is 29.3 Å². The zero-order valence-corrected chi connectivity index (χ0v) is 14.1. The van der Waals surface area contributed by atoms with Gasteiger partial charge >= 0.3 is 5.97 Å². The Morgan fingerprint density at radius 3 is 2.56 bits per heavy atom. The average molecular weight is 343 g/mol. The minimum absolute atomic E-state index is 0.178. The molecule has 0 amide bonds. The van der Waals surface area contributed by atoms with E-state index in [2.05, 4.69) is 0 Å². The molecule has 0 N–H and O–H groups in total. The molecule has 0 fully saturated rings. The molecule has 1 aliphatic heterocycles. The second-order valence-corrected chi connectivity index (χ2v) is 6.12. The summed E-state index contributed by atoms with van der Waals surface area (Å²) in [6.07, 6.45) is 1.73. The summed E-state index contributed by atoms with van der Waals surface area (Å²) in [7, 11) is 1.33.